The number of halogens is 2. The molecule has 0 aliphatic carbocycles. The molecule has 2 rings (SSSR count). The van der Waals surface area contributed by atoms with E-state index in [4.69, 9.17) is 16.0 Å². The van der Waals surface area contributed by atoms with Gasteiger partial charge in [-0.2, -0.15) is 5.10 Å². The van der Waals surface area contributed by atoms with Crippen LogP contribution in [0.1, 0.15) is 21.7 Å². The lowest BCUT2D eigenvalue weighted by atomic mass is 10.1. The molecule has 0 saturated carbocycles. The summed E-state index contributed by atoms with van der Waals surface area (Å²) in [6, 6.07) is 8.66. The van der Waals surface area contributed by atoms with Crippen molar-refractivity contribution < 1.29 is 9.21 Å². The molecule has 2 aromatic rings. The minimum absolute atomic E-state index is 0.369. The summed E-state index contributed by atoms with van der Waals surface area (Å²) in [5, 5.41) is 4.19. The Morgan fingerprint density at radius 3 is 2.84 bits per heavy atom. The average Bonchev–Trinajstić information content (AvgIpc) is 2.75. The van der Waals surface area contributed by atoms with E-state index in [0.29, 0.717) is 21.0 Å². The van der Waals surface area contributed by atoms with E-state index in [2.05, 4.69) is 26.5 Å². The summed E-state index contributed by atoms with van der Waals surface area (Å²) in [5.41, 5.74) is 3.76. The number of nitrogens with one attached hydrogen (secondary N) is 1. The molecule has 0 bridgehead atoms. The van der Waals surface area contributed by atoms with Crippen LogP contribution in [-0.2, 0) is 0 Å². The molecule has 1 N–H and O–H groups in total. The smallest absolute Gasteiger partial charge is 0.272 e. The third-order valence-electron chi connectivity index (χ3n) is 2.32. The predicted octanol–water partition coefficient (Wildman–Crippen LogP) is 3.77. The summed E-state index contributed by atoms with van der Waals surface area (Å²) in [6.07, 6.45) is 1.41. The summed E-state index contributed by atoms with van der Waals surface area (Å²) < 4.78 is 5.80. The first-order chi connectivity index (χ1) is 9.06. The van der Waals surface area contributed by atoms with Gasteiger partial charge in [0.25, 0.3) is 5.91 Å². The second-order valence-electron chi connectivity index (χ2n) is 3.82. The summed E-state index contributed by atoms with van der Waals surface area (Å²) in [5.74, 6) is 0.161. The number of carbonyl (C=O) groups is 1. The van der Waals surface area contributed by atoms with Gasteiger partial charge in [-0.05, 0) is 52.7 Å². The Hall–Kier alpha value is -1.59. The Kier molecular flexibility index (Phi) is 4.39. The SMILES string of the molecule is Cc1ccc(C(=O)NN=Cc2ccc(Br)o2)c(Cl)c1. The van der Waals surface area contributed by atoms with E-state index in [1.165, 1.54) is 6.21 Å². The third kappa shape index (κ3) is 3.68. The molecule has 1 aromatic heterocycles. The molecule has 0 saturated heterocycles. The standard InChI is InChI=1S/C13H10BrClN2O2/c1-8-2-4-10(11(15)6-8)13(18)17-16-7-9-3-5-12(14)19-9/h2-7H,1H3,(H,17,18). The Morgan fingerprint density at radius 2 is 2.21 bits per heavy atom. The number of amides is 1. The second-order valence-corrected chi connectivity index (χ2v) is 5.01. The van der Waals surface area contributed by atoms with Crippen molar-refractivity contribution in [3.63, 3.8) is 0 Å². The maximum atomic E-state index is 11.8. The molecule has 0 fully saturated rings. The van der Waals surface area contributed by atoms with E-state index >= 15 is 0 Å². The molecule has 0 unspecified atom stereocenters. The van der Waals surface area contributed by atoms with Crippen LogP contribution < -0.4 is 5.43 Å². The minimum Gasteiger partial charge on any atom is -0.448 e. The van der Waals surface area contributed by atoms with Crippen LogP contribution in [0.25, 0.3) is 0 Å². The topological polar surface area (TPSA) is 54.6 Å². The molecule has 1 amide bonds. The van der Waals surface area contributed by atoms with Gasteiger partial charge in [0, 0.05) is 0 Å². The average molecular weight is 342 g/mol. The van der Waals surface area contributed by atoms with E-state index in [0.717, 1.165) is 5.56 Å². The number of hydrazone groups is 1. The van der Waals surface area contributed by atoms with Gasteiger partial charge < -0.3 is 4.42 Å². The highest BCUT2D eigenvalue weighted by Gasteiger charge is 2.09. The zero-order valence-corrected chi connectivity index (χ0v) is 12.3. The zero-order chi connectivity index (χ0) is 13.8. The van der Waals surface area contributed by atoms with Crippen LogP contribution in [0, 0.1) is 6.92 Å². The van der Waals surface area contributed by atoms with Crippen LogP contribution in [0.3, 0.4) is 0 Å². The number of carbonyl (C=O) groups excluding carboxylic acids is 1. The van der Waals surface area contributed by atoms with Crippen LogP contribution in [0.5, 0.6) is 0 Å². The van der Waals surface area contributed by atoms with Crippen molar-refractivity contribution in [2.24, 2.45) is 5.10 Å². The lowest BCUT2D eigenvalue weighted by Gasteiger charge is -2.03. The lowest BCUT2D eigenvalue weighted by molar-refractivity contribution is 0.0955. The van der Waals surface area contributed by atoms with Crippen molar-refractivity contribution >= 4 is 39.7 Å². The number of nitrogens with zero attached hydrogens (tertiary/aromatic N) is 1. The maximum absolute atomic E-state index is 11.8. The number of aryl methyl sites for hydroxylation is 1. The quantitative estimate of drug-likeness (QED) is 0.682. The molecule has 0 atom stereocenters. The Morgan fingerprint density at radius 1 is 1.42 bits per heavy atom. The summed E-state index contributed by atoms with van der Waals surface area (Å²) in [7, 11) is 0. The monoisotopic (exact) mass is 340 g/mol. The molecule has 0 radical (unpaired) electrons. The van der Waals surface area contributed by atoms with Gasteiger partial charge in [0.2, 0.25) is 0 Å². The molecule has 98 valence electrons. The van der Waals surface area contributed by atoms with Crippen molar-refractivity contribution in [2.45, 2.75) is 6.92 Å². The predicted molar refractivity (Wildman–Crippen MR) is 77.7 cm³/mol. The fourth-order valence-electron chi connectivity index (χ4n) is 1.42. The first-order valence-corrected chi connectivity index (χ1v) is 6.58. The van der Waals surface area contributed by atoms with Gasteiger partial charge >= 0.3 is 0 Å². The van der Waals surface area contributed by atoms with Crippen molar-refractivity contribution in [3.05, 3.63) is 56.9 Å². The van der Waals surface area contributed by atoms with Crippen molar-refractivity contribution in [1.29, 1.82) is 0 Å². The fourth-order valence-corrected chi connectivity index (χ4v) is 2.06. The van der Waals surface area contributed by atoms with Crippen LogP contribution in [-0.4, -0.2) is 12.1 Å². The van der Waals surface area contributed by atoms with Crippen molar-refractivity contribution in [1.82, 2.24) is 5.43 Å². The molecule has 0 spiro atoms. The normalized spacial score (nSPS) is 10.9. The van der Waals surface area contributed by atoms with Gasteiger partial charge in [-0.25, -0.2) is 5.43 Å². The minimum atomic E-state index is -0.369. The number of rotatable bonds is 3. The van der Waals surface area contributed by atoms with Crippen LogP contribution in [0.15, 0.2) is 44.5 Å². The molecule has 19 heavy (non-hydrogen) atoms. The van der Waals surface area contributed by atoms with E-state index in [9.17, 15) is 4.79 Å². The van der Waals surface area contributed by atoms with Gasteiger partial charge in [-0.15, -0.1) is 0 Å². The second kappa shape index (κ2) is 6.04. The summed E-state index contributed by atoms with van der Waals surface area (Å²) in [4.78, 5) is 11.8. The molecule has 4 nitrogen and oxygen atoms in total. The summed E-state index contributed by atoms with van der Waals surface area (Å²) >= 11 is 9.16. The molecule has 1 aromatic carbocycles. The van der Waals surface area contributed by atoms with Crippen LogP contribution in [0.4, 0.5) is 0 Å². The zero-order valence-electron chi connectivity index (χ0n) is 9.98. The van der Waals surface area contributed by atoms with Gasteiger partial charge in [-0.1, -0.05) is 17.7 Å². The van der Waals surface area contributed by atoms with Crippen LogP contribution >= 0.6 is 27.5 Å². The van der Waals surface area contributed by atoms with Crippen molar-refractivity contribution in [2.75, 3.05) is 0 Å². The molecule has 1 heterocycles. The van der Waals surface area contributed by atoms with Gasteiger partial charge in [0.15, 0.2) is 4.67 Å². The highest BCUT2D eigenvalue weighted by Crippen LogP contribution is 2.17. The molecule has 0 aliphatic heterocycles. The first kappa shape index (κ1) is 13.8. The molecule has 0 aliphatic rings. The lowest BCUT2D eigenvalue weighted by Crippen LogP contribution is -2.18. The van der Waals surface area contributed by atoms with E-state index < -0.39 is 0 Å². The first-order valence-electron chi connectivity index (χ1n) is 5.41. The third-order valence-corrected chi connectivity index (χ3v) is 3.06. The molecule has 6 heteroatoms. The van der Waals surface area contributed by atoms with E-state index in [1.807, 2.05) is 13.0 Å². The van der Waals surface area contributed by atoms with Crippen LogP contribution in [0.2, 0.25) is 5.02 Å². The number of hydrogen-bond donors (Lipinski definition) is 1. The molecular weight excluding hydrogens is 332 g/mol. The fraction of sp³-hybridized carbons (Fsp3) is 0.0769. The largest absolute Gasteiger partial charge is 0.448 e. The van der Waals surface area contributed by atoms with Gasteiger partial charge in [0.05, 0.1) is 16.8 Å². The van der Waals surface area contributed by atoms with E-state index in [-0.39, 0.29) is 5.91 Å². The van der Waals surface area contributed by atoms with Gasteiger partial charge in [0.1, 0.15) is 5.76 Å². The number of benzene rings is 1. The Balaban J connectivity index is 2.03. The van der Waals surface area contributed by atoms with Crippen molar-refractivity contribution in [3.8, 4) is 0 Å². The van der Waals surface area contributed by atoms with E-state index in [1.54, 1.807) is 24.3 Å². The highest BCUT2D eigenvalue weighted by atomic mass is 79.9. The number of hydrogen-bond acceptors (Lipinski definition) is 3. The highest BCUT2D eigenvalue weighted by molar-refractivity contribution is 9.10. The Bertz CT molecular complexity index is 637. The molecular formula is C13H10BrClN2O2. The number of furan rings is 1. The Labute approximate surface area is 123 Å². The summed E-state index contributed by atoms with van der Waals surface area (Å²) in [6.45, 7) is 1.90. The maximum Gasteiger partial charge on any atom is 0.272 e. The van der Waals surface area contributed by atoms with Gasteiger partial charge in [-0.3, -0.25) is 4.79 Å².